The van der Waals surface area contributed by atoms with Crippen LogP contribution >= 0.6 is 0 Å². The lowest BCUT2D eigenvalue weighted by Gasteiger charge is -2.06. The standard InChI is InChI=1S/C13H18F3NO/c1-18-6-4-2-3-5-17-9-10-7-11(14)13(16)12(15)8-10/h7-8,17H,2-6,9H2,1H3. The van der Waals surface area contributed by atoms with E-state index in [0.29, 0.717) is 12.1 Å². The smallest absolute Gasteiger partial charge is 0.194 e. The molecule has 0 unspecified atom stereocenters. The molecule has 1 N–H and O–H groups in total. The zero-order valence-electron chi connectivity index (χ0n) is 10.4. The molecule has 2 nitrogen and oxygen atoms in total. The Morgan fingerprint density at radius 2 is 1.72 bits per heavy atom. The Labute approximate surface area is 105 Å². The van der Waals surface area contributed by atoms with Gasteiger partial charge in [0.2, 0.25) is 0 Å². The van der Waals surface area contributed by atoms with Crippen molar-refractivity contribution in [3.8, 4) is 0 Å². The van der Waals surface area contributed by atoms with Gasteiger partial charge in [0.15, 0.2) is 17.5 Å². The molecule has 0 saturated carbocycles. The molecule has 0 heterocycles. The van der Waals surface area contributed by atoms with Gasteiger partial charge in [-0.05, 0) is 43.5 Å². The Balaban J connectivity index is 2.23. The molecule has 0 aliphatic heterocycles. The SMILES string of the molecule is COCCCCCNCc1cc(F)c(F)c(F)c1. The molecule has 0 bridgehead atoms. The zero-order valence-corrected chi connectivity index (χ0v) is 10.4. The molecule has 0 spiro atoms. The topological polar surface area (TPSA) is 21.3 Å². The molecule has 18 heavy (non-hydrogen) atoms. The number of hydrogen-bond acceptors (Lipinski definition) is 2. The van der Waals surface area contributed by atoms with Gasteiger partial charge in [0.1, 0.15) is 0 Å². The predicted octanol–water partition coefficient (Wildman–Crippen LogP) is 3.01. The molecule has 1 aromatic carbocycles. The first kappa shape index (κ1) is 15.0. The molecule has 0 aromatic heterocycles. The highest BCUT2D eigenvalue weighted by Gasteiger charge is 2.09. The number of rotatable bonds is 8. The monoisotopic (exact) mass is 261 g/mol. The van der Waals surface area contributed by atoms with Crippen LogP contribution < -0.4 is 5.32 Å². The fourth-order valence-electron chi connectivity index (χ4n) is 1.62. The first-order chi connectivity index (χ1) is 8.65. The van der Waals surface area contributed by atoms with Crippen LogP contribution in [0.25, 0.3) is 0 Å². The van der Waals surface area contributed by atoms with Crippen molar-refractivity contribution < 1.29 is 17.9 Å². The lowest BCUT2D eigenvalue weighted by atomic mass is 10.2. The van der Waals surface area contributed by atoms with Crippen LogP contribution in [0.5, 0.6) is 0 Å². The molecule has 0 radical (unpaired) electrons. The van der Waals surface area contributed by atoms with Crippen LogP contribution in [0.1, 0.15) is 24.8 Å². The van der Waals surface area contributed by atoms with Crippen LogP contribution in [-0.4, -0.2) is 20.3 Å². The van der Waals surface area contributed by atoms with Crippen LogP contribution in [-0.2, 0) is 11.3 Å². The number of methoxy groups -OCH3 is 1. The normalized spacial score (nSPS) is 10.9. The molecule has 0 atom stereocenters. The number of ether oxygens (including phenoxy) is 1. The van der Waals surface area contributed by atoms with E-state index >= 15 is 0 Å². The summed E-state index contributed by atoms with van der Waals surface area (Å²) < 4.78 is 43.4. The zero-order chi connectivity index (χ0) is 13.4. The lowest BCUT2D eigenvalue weighted by Crippen LogP contribution is -2.15. The van der Waals surface area contributed by atoms with Crippen molar-refractivity contribution in [2.45, 2.75) is 25.8 Å². The second-order valence-electron chi connectivity index (χ2n) is 4.10. The molecule has 0 saturated heterocycles. The quantitative estimate of drug-likeness (QED) is 0.573. The van der Waals surface area contributed by atoms with Crippen LogP contribution in [0.2, 0.25) is 0 Å². The molecule has 0 aliphatic carbocycles. The number of benzene rings is 1. The summed E-state index contributed by atoms with van der Waals surface area (Å²) in [5.74, 6) is -3.71. The van der Waals surface area contributed by atoms with Crippen LogP contribution in [0.15, 0.2) is 12.1 Å². The second-order valence-corrected chi connectivity index (χ2v) is 4.10. The average Bonchev–Trinajstić information content (AvgIpc) is 2.34. The van der Waals surface area contributed by atoms with Gasteiger partial charge in [0, 0.05) is 20.3 Å². The Hall–Kier alpha value is -1.07. The van der Waals surface area contributed by atoms with E-state index in [4.69, 9.17) is 4.74 Å². The Morgan fingerprint density at radius 1 is 1.06 bits per heavy atom. The summed E-state index contributed by atoms with van der Waals surface area (Å²) in [4.78, 5) is 0. The van der Waals surface area contributed by atoms with Crippen molar-refractivity contribution >= 4 is 0 Å². The molecule has 1 aromatic rings. The van der Waals surface area contributed by atoms with Crippen molar-refractivity contribution in [2.75, 3.05) is 20.3 Å². The summed E-state index contributed by atoms with van der Waals surface area (Å²) in [6, 6.07) is 2.02. The summed E-state index contributed by atoms with van der Waals surface area (Å²) in [7, 11) is 1.66. The summed E-state index contributed by atoms with van der Waals surface area (Å²) >= 11 is 0. The van der Waals surface area contributed by atoms with E-state index in [1.807, 2.05) is 0 Å². The van der Waals surface area contributed by atoms with E-state index in [1.54, 1.807) is 7.11 Å². The highest BCUT2D eigenvalue weighted by atomic mass is 19.2. The van der Waals surface area contributed by atoms with Gasteiger partial charge in [-0.3, -0.25) is 0 Å². The summed E-state index contributed by atoms with van der Waals surface area (Å²) in [6.45, 7) is 1.83. The third-order valence-corrected chi connectivity index (χ3v) is 2.57. The maximum atomic E-state index is 12.9. The predicted molar refractivity (Wildman–Crippen MR) is 63.7 cm³/mol. The van der Waals surface area contributed by atoms with Crippen LogP contribution in [0, 0.1) is 17.5 Å². The van der Waals surface area contributed by atoms with Gasteiger partial charge in [0.25, 0.3) is 0 Å². The molecule has 0 fully saturated rings. The highest BCUT2D eigenvalue weighted by Crippen LogP contribution is 2.13. The highest BCUT2D eigenvalue weighted by molar-refractivity contribution is 5.19. The van der Waals surface area contributed by atoms with Crippen LogP contribution in [0.4, 0.5) is 13.2 Å². The maximum Gasteiger partial charge on any atom is 0.194 e. The summed E-state index contributed by atoms with van der Waals surface area (Å²) in [6.07, 6.45) is 3.00. The molecule has 0 aliphatic rings. The maximum absolute atomic E-state index is 12.9. The minimum absolute atomic E-state index is 0.332. The van der Waals surface area contributed by atoms with Gasteiger partial charge in [-0.15, -0.1) is 0 Å². The van der Waals surface area contributed by atoms with E-state index < -0.39 is 17.5 Å². The fraction of sp³-hybridized carbons (Fsp3) is 0.538. The second kappa shape index (κ2) is 8.11. The first-order valence-electron chi connectivity index (χ1n) is 5.98. The van der Waals surface area contributed by atoms with Gasteiger partial charge in [-0.1, -0.05) is 0 Å². The first-order valence-corrected chi connectivity index (χ1v) is 5.98. The molecular formula is C13H18F3NO. The number of halogens is 3. The Morgan fingerprint density at radius 3 is 2.33 bits per heavy atom. The number of nitrogens with one attached hydrogen (secondary N) is 1. The Kier molecular flexibility index (Phi) is 6.75. The van der Waals surface area contributed by atoms with E-state index in [1.165, 1.54) is 0 Å². The largest absolute Gasteiger partial charge is 0.385 e. The van der Waals surface area contributed by atoms with Gasteiger partial charge < -0.3 is 10.1 Å². The van der Waals surface area contributed by atoms with E-state index in [2.05, 4.69) is 5.32 Å². The Bertz CT molecular complexity index is 348. The van der Waals surface area contributed by atoms with E-state index in [0.717, 1.165) is 44.5 Å². The van der Waals surface area contributed by atoms with Crippen molar-refractivity contribution in [3.63, 3.8) is 0 Å². The number of hydrogen-bond donors (Lipinski definition) is 1. The van der Waals surface area contributed by atoms with Gasteiger partial charge >= 0.3 is 0 Å². The molecular weight excluding hydrogens is 243 g/mol. The summed E-state index contributed by atoms with van der Waals surface area (Å²) in [5.41, 5.74) is 0.406. The van der Waals surface area contributed by atoms with Crippen molar-refractivity contribution in [3.05, 3.63) is 35.1 Å². The number of unbranched alkanes of at least 4 members (excludes halogenated alkanes) is 2. The fourth-order valence-corrected chi connectivity index (χ4v) is 1.62. The molecule has 102 valence electrons. The average molecular weight is 261 g/mol. The third-order valence-electron chi connectivity index (χ3n) is 2.57. The van der Waals surface area contributed by atoms with Crippen molar-refractivity contribution in [2.24, 2.45) is 0 Å². The molecule has 5 heteroatoms. The van der Waals surface area contributed by atoms with Crippen molar-refractivity contribution in [1.82, 2.24) is 5.32 Å². The molecule has 1 rings (SSSR count). The van der Waals surface area contributed by atoms with E-state index in [9.17, 15) is 13.2 Å². The van der Waals surface area contributed by atoms with E-state index in [-0.39, 0.29) is 0 Å². The molecule has 0 amide bonds. The summed E-state index contributed by atoms with van der Waals surface area (Å²) in [5, 5.41) is 3.06. The van der Waals surface area contributed by atoms with Crippen molar-refractivity contribution in [1.29, 1.82) is 0 Å². The minimum atomic E-state index is -1.42. The van der Waals surface area contributed by atoms with Gasteiger partial charge in [-0.2, -0.15) is 0 Å². The minimum Gasteiger partial charge on any atom is -0.385 e. The van der Waals surface area contributed by atoms with Crippen LogP contribution in [0.3, 0.4) is 0 Å². The van der Waals surface area contributed by atoms with Gasteiger partial charge in [-0.25, -0.2) is 13.2 Å². The third kappa shape index (κ3) is 5.06. The lowest BCUT2D eigenvalue weighted by molar-refractivity contribution is 0.192. The van der Waals surface area contributed by atoms with Gasteiger partial charge in [0.05, 0.1) is 0 Å².